The lowest BCUT2D eigenvalue weighted by Crippen LogP contribution is -2.56. The molecule has 2 N–H and O–H groups in total. The average Bonchev–Trinajstić information content (AvgIpc) is 2.93. The summed E-state index contributed by atoms with van der Waals surface area (Å²) >= 11 is 0. The van der Waals surface area contributed by atoms with Gasteiger partial charge in [-0.05, 0) is 79.8 Å². The van der Waals surface area contributed by atoms with Crippen LogP contribution in [0, 0.1) is 31.4 Å². The standard InChI is InChI=1S/C32H41F2N3O5/c1-18(2)14-26(36-32(41)27-12-7-8-13-37(27)21(5)38)31(40)35-25(17-28(39)42-6)23-15-22(16-24(33)30(23)34)29-19(3)10-9-11-20(29)4/h9-11,15-16,18,25-27H,7-8,12-14,17H2,1-6H3,(H,35,40)(H,36,41)/t25-,26-,27+/m0/s1. The first-order valence-electron chi connectivity index (χ1n) is 14.3. The number of aryl methyl sites for hydroxylation is 2. The van der Waals surface area contributed by atoms with Crippen molar-refractivity contribution in [2.24, 2.45) is 5.92 Å². The summed E-state index contributed by atoms with van der Waals surface area (Å²) in [5.74, 6) is -4.40. The van der Waals surface area contributed by atoms with Gasteiger partial charge in [-0.15, -0.1) is 0 Å². The molecule has 42 heavy (non-hydrogen) atoms. The van der Waals surface area contributed by atoms with Crippen LogP contribution in [0.4, 0.5) is 8.78 Å². The number of nitrogens with one attached hydrogen (secondary N) is 2. The van der Waals surface area contributed by atoms with Crippen LogP contribution in [0.25, 0.3) is 11.1 Å². The van der Waals surface area contributed by atoms with Crippen LogP contribution in [0.3, 0.4) is 0 Å². The van der Waals surface area contributed by atoms with Gasteiger partial charge in [0, 0.05) is 19.0 Å². The van der Waals surface area contributed by atoms with E-state index in [1.807, 2.05) is 45.9 Å². The third-order valence-electron chi connectivity index (χ3n) is 7.67. The van der Waals surface area contributed by atoms with Gasteiger partial charge in [-0.25, -0.2) is 8.78 Å². The topological polar surface area (TPSA) is 105 Å². The molecule has 0 aliphatic carbocycles. The van der Waals surface area contributed by atoms with Gasteiger partial charge in [0.05, 0.1) is 19.6 Å². The van der Waals surface area contributed by atoms with Gasteiger partial charge in [0.15, 0.2) is 11.6 Å². The molecule has 1 heterocycles. The third-order valence-corrected chi connectivity index (χ3v) is 7.67. The fraction of sp³-hybridized carbons (Fsp3) is 0.500. The van der Waals surface area contributed by atoms with Gasteiger partial charge in [0.25, 0.3) is 0 Å². The van der Waals surface area contributed by atoms with Gasteiger partial charge < -0.3 is 20.3 Å². The molecule has 2 aromatic carbocycles. The summed E-state index contributed by atoms with van der Waals surface area (Å²) in [6.07, 6.45) is 1.82. The monoisotopic (exact) mass is 585 g/mol. The fourth-order valence-electron chi connectivity index (χ4n) is 5.59. The summed E-state index contributed by atoms with van der Waals surface area (Å²) in [4.78, 5) is 52.9. The zero-order valence-corrected chi connectivity index (χ0v) is 25.2. The molecular weight excluding hydrogens is 544 g/mol. The molecule has 0 unspecified atom stereocenters. The van der Waals surface area contributed by atoms with E-state index in [9.17, 15) is 19.2 Å². The van der Waals surface area contributed by atoms with Crippen molar-refractivity contribution in [3.63, 3.8) is 0 Å². The highest BCUT2D eigenvalue weighted by Gasteiger charge is 2.34. The van der Waals surface area contributed by atoms with Crippen LogP contribution in [0.15, 0.2) is 30.3 Å². The van der Waals surface area contributed by atoms with Crippen molar-refractivity contribution < 1.29 is 32.7 Å². The Balaban J connectivity index is 1.97. The second-order valence-electron chi connectivity index (χ2n) is 11.4. The van der Waals surface area contributed by atoms with Crippen molar-refractivity contribution in [3.8, 4) is 11.1 Å². The Kier molecular flexibility index (Phi) is 11.2. The molecule has 3 atom stereocenters. The van der Waals surface area contributed by atoms with E-state index in [4.69, 9.17) is 4.74 Å². The van der Waals surface area contributed by atoms with E-state index in [-0.39, 0.29) is 23.8 Å². The van der Waals surface area contributed by atoms with Crippen LogP contribution >= 0.6 is 0 Å². The maximum Gasteiger partial charge on any atom is 0.307 e. The van der Waals surface area contributed by atoms with Crippen molar-refractivity contribution in [1.82, 2.24) is 15.5 Å². The van der Waals surface area contributed by atoms with Gasteiger partial charge in [-0.2, -0.15) is 0 Å². The van der Waals surface area contributed by atoms with E-state index in [2.05, 4.69) is 10.6 Å². The molecule has 1 fully saturated rings. The molecule has 3 amide bonds. The Morgan fingerprint density at radius 2 is 1.71 bits per heavy atom. The molecule has 1 saturated heterocycles. The molecular formula is C32H41F2N3O5. The minimum Gasteiger partial charge on any atom is -0.469 e. The van der Waals surface area contributed by atoms with E-state index in [0.717, 1.165) is 37.1 Å². The van der Waals surface area contributed by atoms with Crippen molar-refractivity contribution in [2.45, 2.75) is 84.8 Å². The summed E-state index contributed by atoms with van der Waals surface area (Å²) < 4.78 is 35.2. The summed E-state index contributed by atoms with van der Waals surface area (Å²) in [6, 6.07) is 5.08. The third kappa shape index (κ3) is 7.92. The molecule has 0 spiro atoms. The van der Waals surface area contributed by atoms with Gasteiger partial charge in [-0.1, -0.05) is 32.0 Å². The zero-order valence-electron chi connectivity index (χ0n) is 25.2. The Morgan fingerprint density at radius 1 is 1.05 bits per heavy atom. The minimum atomic E-state index is -1.28. The second kappa shape index (κ2) is 14.4. The van der Waals surface area contributed by atoms with E-state index in [0.29, 0.717) is 24.1 Å². The predicted octanol–water partition coefficient (Wildman–Crippen LogP) is 4.90. The molecule has 2 aromatic rings. The first-order valence-corrected chi connectivity index (χ1v) is 14.3. The maximum atomic E-state index is 15.4. The molecule has 10 heteroatoms. The van der Waals surface area contributed by atoms with Gasteiger partial charge in [0.2, 0.25) is 17.7 Å². The molecule has 1 aliphatic heterocycles. The molecule has 0 aromatic heterocycles. The molecule has 0 radical (unpaired) electrons. The Hall–Kier alpha value is -3.82. The zero-order chi connectivity index (χ0) is 31.1. The predicted molar refractivity (Wildman–Crippen MR) is 155 cm³/mol. The number of carbonyl (C=O) groups is 4. The Labute approximate surface area is 246 Å². The minimum absolute atomic E-state index is 0.0167. The number of amides is 3. The molecule has 0 saturated carbocycles. The molecule has 1 aliphatic rings. The number of piperidine rings is 1. The summed E-state index contributed by atoms with van der Waals surface area (Å²) in [5, 5.41) is 5.46. The number of nitrogens with zero attached hydrogens (tertiary/aromatic N) is 1. The van der Waals surface area contributed by atoms with Crippen LogP contribution in [0.5, 0.6) is 0 Å². The fourth-order valence-corrected chi connectivity index (χ4v) is 5.59. The first kappa shape index (κ1) is 32.7. The summed E-state index contributed by atoms with van der Waals surface area (Å²) in [6.45, 7) is 9.33. The van der Waals surface area contributed by atoms with Crippen LogP contribution < -0.4 is 10.6 Å². The quantitative estimate of drug-likeness (QED) is 0.386. The molecule has 228 valence electrons. The second-order valence-corrected chi connectivity index (χ2v) is 11.4. The summed E-state index contributed by atoms with van der Waals surface area (Å²) in [5.41, 5.74) is 2.60. The summed E-state index contributed by atoms with van der Waals surface area (Å²) in [7, 11) is 1.16. The van der Waals surface area contributed by atoms with Crippen LogP contribution in [0.1, 0.15) is 75.6 Å². The SMILES string of the molecule is COC(=O)C[C@H](NC(=O)[C@H](CC(C)C)NC(=O)[C@H]1CCCCN1C(C)=O)c1cc(-c2c(C)cccc2C)cc(F)c1F. The highest BCUT2D eigenvalue weighted by molar-refractivity contribution is 5.92. The number of rotatable bonds is 10. The molecule has 0 bridgehead atoms. The van der Waals surface area contributed by atoms with Gasteiger partial charge in [-0.3, -0.25) is 19.2 Å². The van der Waals surface area contributed by atoms with E-state index < -0.39 is 54.0 Å². The maximum absolute atomic E-state index is 15.4. The highest BCUT2D eigenvalue weighted by Crippen LogP contribution is 2.33. The molecule has 8 nitrogen and oxygen atoms in total. The van der Waals surface area contributed by atoms with E-state index >= 15 is 8.78 Å². The largest absolute Gasteiger partial charge is 0.469 e. The number of hydrogen-bond acceptors (Lipinski definition) is 5. The van der Waals surface area contributed by atoms with E-state index in [1.54, 1.807) is 0 Å². The van der Waals surface area contributed by atoms with Crippen molar-refractivity contribution in [1.29, 1.82) is 0 Å². The lowest BCUT2D eigenvalue weighted by molar-refractivity contribution is -0.142. The van der Waals surface area contributed by atoms with Crippen LogP contribution in [-0.4, -0.2) is 54.3 Å². The lowest BCUT2D eigenvalue weighted by atomic mass is 9.92. The van der Waals surface area contributed by atoms with Crippen LogP contribution in [-0.2, 0) is 23.9 Å². The number of carbonyl (C=O) groups excluding carboxylic acids is 4. The number of ether oxygens (including phenoxy) is 1. The normalized spacial score (nSPS) is 16.5. The first-order chi connectivity index (χ1) is 19.8. The highest BCUT2D eigenvalue weighted by atomic mass is 19.2. The number of likely N-dealkylation sites (tertiary alicyclic amines) is 1. The van der Waals surface area contributed by atoms with Crippen molar-refractivity contribution in [3.05, 3.63) is 58.7 Å². The van der Waals surface area contributed by atoms with Gasteiger partial charge >= 0.3 is 5.97 Å². The van der Waals surface area contributed by atoms with Crippen LogP contribution in [0.2, 0.25) is 0 Å². The van der Waals surface area contributed by atoms with E-state index in [1.165, 1.54) is 17.9 Å². The van der Waals surface area contributed by atoms with Crippen molar-refractivity contribution in [2.75, 3.05) is 13.7 Å². The smallest absolute Gasteiger partial charge is 0.307 e. The van der Waals surface area contributed by atoms with Gasteiger partial charge in [0.1, 0.15) is 12.1 Å². The molecule has 3 rings (SSSR count). The number of methoxy groups -OCH3 is 1. The number of benzene rings is 2. The lowest BCUT2D eigenvalue weighted by Gasteiger charge is -2.35. The number of esters is 1. The number of hydrogen-bond donors (Lipinski definition) is 2. The van der Waals surface area contributed by atoms with Crippen molar-refractivity contribution >= 4 is 23.7 Å². The Bertz CT molecular complexity index is 1310. The Morgan fingerprint density at radius 3 is 2.31 bits per heavy atom. The average molecular weight is 586 g/mol. The number of halogens is 2.